The number of hydrogen-bond donors (Lipinski definition) is 1. The molecule has 0 spiro atoms. The van der Waals surface area contributed by atoms with Crippen LogP contribution in [-0.4, -0.2) is 11.7 Å². The summed E-state index contributed by atoms with van der Waals surface area (Å²) in [5, 5.41) is 14.6. The maximum atomic E-state index is 8.93. The smallest absolute Gasteiger partial charge is 0.119 e. The highest BCUT2D eigenvalue weighted by Crippen LogP contribution is 2.27. The molecule has 1 N–H and O–H groups in total. The fourth-order valence-electron chi connectivity index (χ4n) is 2.69. The Kier molecular flexibility index (Phi) is 5.98. The van der Waals surface area contributed by atoms with Crippen molar-refractivity contribution in [2.45, 2.75) is 13.3 Å². The van der Waals surface area contributed by atoms with E-state index in [9.17, 15) is 0 Å². The van der Waals surface area contributed by atoms with E-state index in [4.69, 9.17) is 21.4 Å². The van der Waals surface area contributed by atoms with Gasteiger partial charge in [-0.2, -0.15) is 0 Å². The first-order chi connectivity index (χ1) is 12.7. The van der Waals surface area contributed by atoms with Crippen molar-refractivity contribution in [3.05, 3.63) is 83.9 Å². The van der Waals surface area contributed by atoms with Gasteiger partial charge in [0.1, 0.15) is 11.5 Å². The third kappa shape index (κ3) is 4.47. The minimum Gasteiger partial charge on any atom is -0.508 e. The van der Waals surface area contributed by atoms with Crippen LogP contribution < -0.4 is 4.74 Å². The van der Waals surface area contributed by atoms with Gasteiger partial charge in [-0.1, -0.05) is 54.9 Å². The van der Waals surface area contributed by atoms with E-state index < -0.39 is 0 Å². The third-order valence-electron chi connectivity index (χ3n) is 4.00. The molecule has 0 aliphatic heterocycles. The van der Waals surface area contributed by atoms with Crippen LogP contribution in [0.1, 0.15) is 13.3 Å². The topological polar surface area (TPSA) is 29.5 Å². The SMILES string of the molecule is CCCOc1ccc(O)cc1.Clc1cccc2cc3ccccc3cc12. The molecule has 0 saturated carbocycles. The number of aromatic hydroxyl groups is 1. The molecule has 2 nitrogen and oxygen atoms in total. The van der Waals surface area contributed by atoms with Crippen molar-refractivity contribution in [1.82, 2.24) is 0 Å². The third-order valence-corrected chi connectivity index (χ3v) is 4.33. The Bertz CT molecular complexity index is 994. The van der Waals surface area contributed by atoms with Crippen LogP contribution in [0.15, 0.2) is 78.9 Å². The molecule has 0 amide bonds. The Labute approximate surface area is 158 Å². The minimum atomic E-state index is 0.272. The highest BCUT2D eigenvalue weighted by atomic mass is 35.5. The van der Waals surface area contributed by atoms with Crippen LogP contribution in [0.4, 0.5) is 0 Å². The minimum absolute atomic E-state index is 0.272. The molecule has 132 valence electrons. The lowest BCUT2D eigenvalue weighted by Crippen LogP contribution is -1.93. The lowest BCUT2D eigenvalue weighted by Gasteiger charge is -2.03. The van der Waals surface area contributed by atoms with Gasteiger partial charge in [-0.25, -0.2) is 0 Å². The summed E-state index contributed by atoms with van der Waals surface area (Å²) in [5.41, 5.74) is 0. The van der Waals surface area contributed by atoms with Gasteiger partial charge in [0.25, 0.3) is 0 Å². The van der Waals surface area contributed by atoms with E-state index in [-0.39, 0.29) is 5.75 Å². The first kappa shape index (κ1) is 18.1. The number of halogens is 1. The zero-order chi connectivity index (χ0) is 18.4. The van der Waals surface area contributed by atoms with E-state index in [2.05, 4.69) is 43.3 Å². The predicted octanol–water partition coefficient (Wildman–Crippen LogP) is 6.83. The zero-order valence-electron chi connectivity index (χ0n) is 14.7. The average Bonchev–Trinajstić information content (AvgIpc) is 2.67. The second-order valence-corrected chi connectivity index (χ2v) is 6.41. The Balaban J connectivity index is 0.000000160. The molecule has 0 bridgehead atoms. The van der Waals surface area contributed by atoms with Crippen molar-refractivity contribution in [2.24, 2.45) is 0 Å². The van der Waals surface area contributed by atoms with Gasteiger partial charge in [-0.05, 0) is 65.0 Å². The number of phenolic OH excluding ortho intramolecular Hbond substituents is 1. The summed E-state index contributed by atoms with van der Waals surface area (Å²) in [6.07, 6.45) is 1.00. The van der Waals surface area contributed by atoms with Crippen molar-refractivity contribution in [3.63, 3.8) is 0 Å². The van der Waals surface area contributed by atoms with Crippen LogP contribution >= 0.6 is 11.6 Å². The van der Waals surface area contributed by atoms with E-state index in [1.807, 2.05) is 18.2 Å². The monoisotopic (exact) mass is 364 g/mol. The largest absolute Gasteiger partial charge is 0.508 e. The van der Waals surface area contributed by atoms with Crippen LogP contribution in [0.25, 0.3) is 21.5 Å². The van der Waals surface area contributed by atoms with Gasteiger partial charge in [0, 0.05) is 10.4 Å². The van der Waals surface area contributed by atoms with Gasteiger partial charge in [-0.3, -0.25) is 0 Å². The van der Waals surface area contributed by atoms with Gasteiger partial charge < -0.3 is 9.84 Å². The number of fused-ring (bicyclic) bond motifs is 2. The molecule has 0 unspecified atom stereocenters. The highest BCUT2D eigenvalue weighted by Gasteiger charge is 2.00. The van der Waals surface area contributed by atoms with Crippen molar-refractivity contribution in [1.29, 1.82) is 0 Å². The first-order valence-corrected chi connectivity index (χ1v) is 9.04. The van der Waals surface area contributed by atoms with Crippen molar-refractivity contribution < 1.29 is 9.84 Å². The molecular weight excluding hydrogens is 344 g/mol. The van der Waals surface area contributed by atoms with Crippen LogP contribution in [0.5, 0.6) is 11.5 Å². The Morgan fingerprint density at radius 3 is 2.15 bits per heavy atom. The molecule has 3 heteroatoms. The van der Waals surface area contributed by atoms with E-state index >= 15 is 0 Å². The maximum Gasteiger partial charge on any atom is 0.119 e. The van der Waals surface area contributed by atoms with Crippen LogP contribution in [0.3, 0.4) is 0 Å². The van der Waals surface area contributed by atoms with E-state index in [0.717, 1.165) is 29.2 Å². The number of phenols is 1. The summed E-state index contributed by atoms with van der Waals surface area (Å²) in [6.45, 7) is 2.78. The van der Waals surface area contributed by atoms with Gasteiger partial charge in [0.05, 0.1) is 6.61 Å². The molecule has 0 atom stereocenters. The molecule has 4 aromatic carbocycles. The highest BCUT2D eigenvalue weighted by molar-refractivity contribution is 6.35. The Morgan fingerprint density at radius 2 is 1.46 bits per heavy atom. The normalized spacial score (nSPS) is 10.4. The molecule has 0 aromatic heterocycles. The fourth-order valence-corrected chi connectivity index (χ4v) is 2.93. The molecule has 0 radical (unpaired) electrons. The molecule has 26 heavy (non-hydrogen) atoms. The van der Waals surface area contributed by atoms with Gasteiger partial charge in [0.2, 0.25) is 0 Å². The lowest BCUT2D eigenvalue weighted by atomic mass is 10.0. The number of benzene rings is 4. The zero-order valence-corrected chi connectivity index (χ0v) is 15.4. The summed E-state index contributed by atoms with van der Waals surface area (Å²) < 4.78 is 5.30. The second-order valence-electron chi connectivity index (χ2n) is 6.00. The number of ether oxygens (including phenoxy) is 1. The fraction of sp³-hybridized carbons (Fsp3) is 0.130. The molecule has 0 fully saturated rings. The molecule has 0 aliphatic carbocycles. The standard InChI is InChI=1S/C14H9Cl.C9H12O2/c15-14-7-3-6-12-8-10-4-1-2-5-11(10)9-13(12)14;1-2-7-11-9-5-3-8(10)4-6-9/h1-9H;3-6,10H,2,7H2,1H3. The van der Waals surface area contributed by atoms with Crippen LogP contribution in [0, 0.1) is 0 Å². The maximum absolute atomic E-state index is 8.93. The van der Waals surface area contributed by atoms with Crippen molar-refractivity contribution >= 4 is 33.1 Å². The van der Waals surface area contributed by atoms with Crippen LogP contribution in [0.2, 0.25) is 5.02 Å². The Morgan fingerprint density at radius 1 is 0.808 bits per heavy atom. The molecule has 0 heterocycles. The summed E-state index contributed by atoms with van der Waals surface area (Å²) in [6, 6.07) is 25.4. The predicted molar refractivity (Wildman–Crippen MR) is 110 cm³/mol. The summed E-state index contributed by atoms with van der Waals surface area (Å²) in [5.74, 6) is 1.08. The summed E-state index contributed by atoms with van der Waals surface area (Å²) in [7, 11) is 0. The number of rotatable bonds is 3. The van der Waals surface area contributed by atoms with Crippen molar-refractivity contribution in [2.75, 3.05) is 6.61 Å². The molecule has 4 aromatic rings. The molecule has 4 rings (SSSR count). The number of hydrogen-bond acceptors (Lipinski definition) is 2. The molecular formula is C23H21ClO2. The van der Waals surface area contributed by atoms with E-state index in [1.54, 1.807) is 24.3 Å². The van der Waals surface area contributed by atoms with Gasteiger partial charge in [-0.15, -0.1) is 0 Å². The Hall–Kier alpha value is -2.71. The molecule has 0 aliphatic rings. The van der Waals surface area contributed by atoms with E-state index in [0.29, 0.717) is 0 Å². The second kappa shape index (κ2) is 8.59. The van der Waals surface area contributed by atoms with Gasteiger partial charge >= 0.3 is 0 Å². The summed E-state index contributed by atoms with van der Waals surface area (Å²) >= 11 is 6.16. The molecule has 0 saturated heterocycles. The lowest BCUT2D eigenvalue weighted by molar-refractivity contribution is 0.317. The summed E-state index contributed by atoms with van der Waals surface area (Å²) in [4.78, 5) is 0. The average molecular weight is 365 g/mol. The van der Waals surface area contributed by atoms with Gasteiger partial charge in [0.15, 0.2) is 0 Å². The van der Waals surface area contributed by atoms with Crippen molar-refractivity contribution in [3.8, 4) is 11.5 Å². The van der Waals surface area contributed by atoms with Crippen LogP contribution in [-0.2, 0) is 0 Å². The quantitative estimate of drug-likeness (QED) is 0.404. The van der Waals surface area contributed by atoms with E-state index in [1.165, 1.54) is 16.2 Å². The first-order valence-electron chi connectivity index (χ1n) is 8.66.